The fourth-order valence-corrected chi connectivity index (χ4v) is 4.39. The number of rotatable bonds is 8. The third-order valence-corrected chi connectivity index (χ3v) is 6.32. The largest absolute Gasteiger partial charge is 0.497 e. The van der Waals surface area contributed by atoms with Crippen LogP contribution in [0.3, 0.4) is 0 Å². The molecule has 1 aliphatic heterocycles. The van der Waals surface area contributed by atoms with Crippen molar-refractivity contribution < 1.29 is 14.3 Å². The summed E-state index contributed by atoms with van der Waals surface area (Å²) in [5.41, 5.74) is 2.22. The Morgan fingerprint density at radius 3 is 2.34 bits per heavy atom. The minimum atomic E-state index is -0.443. The Balaban J connectivity index is 1.39. The van der Waals surface area contributed by atoms with Crippen LogP contribution in [-0.4, -0.2) is 61.4 Å². The van der Waals surface area contributed by atoms with Crippen molar-refractivity contribution in [2.75, 3.05) is 50.5 Å². The Hall–Kier alpha value is -3.39. The number of anilines is 2. The number of amides is 2. The fraction of sp³-hybridized carbons (Fsp3) is 0.259. The minimum Gasteiger partial charge on any atom is -0.497 e. The normalized spacial score (nSPS) is 15.3. The van der Waals surface area contributed by atoms with Crippen LogP contribution in [0.25, 0.3) is 0 Å². The standard InChI is InChI=1S/C27H29ClN4O3/c1-35-22-11-7-10-21(18-22)29-27(34)26(20-8-3-2-4-9-20)32-16-14-31(15-17-32)19-25(33)30-24-13-6-5-12-23(24)28/h2-13,18,26H,14-17,19H2,1H3,(H,29,34)(H,30,33). The number of nitrogens with zero attached hydrogens (tertiary/aromatic N) is 2. The van der Waals surface area contributed by atoms with Gasteiger partial charge in [-0.2, -0.15) is 0 Å². The highest BCUT2D eigenvalue weighted by molar-refractivity contribution is 6.33. The third-order valence-electron chi connectivity index (χ3n) is 5.99. The molecule has 0 aromatic heterocycles. The maximum absolute atomic E-state index is 13.4. The van der Waals surface area contributed by atoms with Crippen LogP contribution in [-0.2, 0) is 9.59 Å². The van der Waals surface area contributed by atoms with Crippen molar-refractivity contribution in [1.82, 2.24) is 9.80 Å². The molecular weight excluding hydrogens is 464 g/mol. The van der Waals surface area contributed by atoms with Crippen LogP contribution < -0.4 is 15.4 Å². The molecule has 3 aromatic rings. The van der Waals surface area contributed by atoms with E-state index in [9.17, 15) is 9.59 Å². The van der Waals surface area contributed by atoms with Crippen molar-refractivity contribution in [1.29, 1.82) is 0 Å². The molecule has 4 rings (SSSR count). The van der Waals surface area contributed by atoms with Gasteiger partial charge in [-0.1, -0.05) is 60.1 Å². The molecule has 1 unspecified atom stereocenters. The van der Waals surface area contributed by atoms with Gasteiger partial charge in [-0.05, 0) is 29.8 Å². The maximum atomic E-state index is 13.4. The van der Waals surface area contributed by atoms with Crippen LogP contribution >= 0.6 is 11.6 Å². The summed E-state index contributed by atoms with van der Waals surface area (Å²) in [5.74, 6) is 0.471. The lowest BCUT2D eigenvalue weighted by molar-refractivity contribution is -0.123. The predicted molar refractivity (Wildman–Crippen MR) is 139 cm³/mol. The van der Waals surface area contributed by atoms with Gasteiger partial charge in [0.15, 0.2) is 0 Å². The SMILES string of the molecule is COc1cccc(NC(=O)C(c2ccccc2)N2CCN(CC(=O)Nc3ccccc3Cl)CC2)c1. The summed E-state index contributed by atoms with van der Waals surface area (Å²) in [6, 6.07) is 23.8. The Morgan fingerprint density at radius 2 is 1.63 bits per heavy atom. The number of benzene rings is 3. The second kappa shape index (κ2) is 11.8. The van der Waals surface area contributed by atoms with Crippen molar-refractivity contribution in [3.05, 3.63) is 89.4 Å². The van der Waals surface area contributed by atoms with Crippen LogP contribution in [0.1, 0.15) is 11.6 Å². The second-order valence-electron chi connectivity index (χ2n) is 8.37. The molecule has 35 heavy (non-hydrogen) atoms. The first kappa shape index (κ1) is 24.7. The number of carbonyl (C=O) groups excluding carboxylic acids is 2. The molecule has 0 radical (unpaired) electrons. The lowest BCUT2D eigenvalue weighted by Gasteiger charge is -2.38. The van der Waals surface area contributed by atoms with Gasteiger partial charge in [0.05, 0.1) is 24.4 Å². The molecule has 8 heteroatoms. The Bertz CT molecular complexity index is 1150. The van der Waals surface area contributed by atoms with Crippen molar-refractivity contribution in [3.8, 4) is 5.75 Å². The number of ether oxygens (including phenoxy) is 1. The number of hydrogen-bond acceptors (Lipinski definition) is 5. The van der Waals surface area contributed by atoms with Crippen molar-refractivity contribution in [2.24, 2.45) is 0 Å². The monoisotopic (exact) mass is 492 g/mol. The van der Waals surface area contributed by atoms with Gasteiger partial charge in [0.1, 0.15) is 11.8 Å². The fourth-order valence-electron chi connectivity index (χ4n) is 4.21. The quantitative estimate of drug-likeness (QED) is 0.491. The summed E-state index contributed by atoms with van der Waals surface area (Å²) in [5, 5.41) is 6.42. The topological polar surface area (TPSA) is 73.9 Å². The minimum absolute atomic E-state index is 0.102. The van der Waals surface area contributed by atoms with E-state index in [0.29, 0.717) is 48.3 Å². The van der Waals surface area contributed by atoms with E-state index in [1.54, 1.807) is 25.3 Å². The first-order chi connectivity index (χ1) is 17.0. The number of nitrogens with one attached hydrogen (secondary N) is 2. The molecule has 0 bridgehead atoms. The molecule has 1 aliphatic rings. The number of piperazine rings is 1. The average molecular weight is 493 g/mol. The van der Waals surface area contributed by atoms with E-state index in [4.69, 9.17) is 16.3 Å². The Morgan fingerprint density at radius 1 is 0.914 bits per heavy atom. The van der Waals surface area contributed by atoms with E-state index < -0.39 is 6.04 Å². The molecule has 182 valence electrons. The molecule has 1 heterocycles. The third kappa shape index (κ3) is 6.60. The van der Waals surface area contributed by atoms with E-state index >= 15 is 0 Å². The average Bonchev–Trinajstić information content (AvgIpc) is 2.87. The van der Waals surface area contributed by atoms with Gasteiger partial charge in [0.25, 0.3) is 0 Å². The Kier molecular flexibility index (Phi) is 8.36. The van der Waals surface area contributed by atoms with Crippen molar-refractivity contribution >= 4 is 34.8 Å². The lowest BCUT2D eigenvalue weighted by Crippen LogP contribution is -2.51. The van der Waals surface area contributed by atoms with Gasteiger partial charge in [-0.15, -0.1) is 0 Å². The molecule has 3 aromatic carbocycles. The van der Waals surface area contributed by atoms with Gasteiger partial charge in [-0.3, -0.25) is 19.4 Å². The molecule has 0 aliphatic carbocycles. The molecule has 7 nitrogen and oxygen atoms in total. The molecular formula is C27H29ClN4O3. The van der Waals surface area contributed by atoms with Gasteiger partial charge >= 0.3 is 0 Å². The summed E-state index contributed by atoms with van der Waals surface area (Å²) in [4.78, 5) is 30.2. The highest BCUT2D eigenvalue weighted by atomic mass is 35.5. The highest BCUT2D eigenvalue weighted by Crippen LogP contribution is 2.26. The zero-order valence-electron chi connectivity index (χ0n) is 19.6. The number of halogens is 1. The maximum Gasteiger partial charge on any atom is 0.246 e. The summed E-state index contributed by atoms with van der Waals surface area (Å²) < 4.78 is 5.28. The van der Waals surface area contributed by atoms with E-state index in [2.05, 4.69) is 20.4 Å². The smallest absolute Gasteiger partial charge is 0.246 e. The van der Waals surface area contributed by atoms with Gasteiger partial charge in [0.2, 0.25) is 11.8 Å². The first-order valence-electron chi connectivity index (χ1n) is 11.5. The second-order valence-corrected chi connectivity index (χ2v) is 8.78. The van der Waals surface area contributed by atoms with Crippen LogP contribution in [0, 0.1) is 0 Å². The zero-order chi connectivity index (χ0) is 24.6. The van der Waals surface area contributed by atoms with E-state index in [1.807, 2.05) is 60.7 Å². The first-order valence-corrected chi connectivity index (χ1v) is 11.9. The lowest BCUT2D eigenvalue weighted by atomic mass is 10.0. The summed E-state index contributed by atoms with van der Waals surface area (Å²) in [6.07, 6.45) is 0. The number of carbonyl (C=O) groups is 2. The summed E-state index contributed by atoms with van der Waals surface area (Å²) >= 11 is 6.15. The molecule has 0 saturated carbocycles. The number of para-hydroxylation sites is 1. The zero-order valence-corrected chi connectivity index (χ0v) is 20.4. The van der Waals surface area contributed by atoms with Gasteiger partial charge in [0, 0.05) is 37.9 Å². The summed E-state index contributed by atoms with van der Waals surface area (Å²) in [6.45, 7) is 2.93. The predicted octanol–water partition coefficient (Wildman–Crippen LogP) is 4.28. The van der Waals surface area contributed by atoms with Gasteiger partial charge in [-0.25, -0.2) is 0 Å². The van der Waals surface area contributed by atoms with E-state index in [-0.39, 0.29) is 18.4 Å². The molecule has 2 amide bonds. The number of methoxy groups -OCH3 is 1. The van der Waals surface area contributed by atoms with Gasteiger partial charge < -0.3 is 15.4 Å². The van der Waals surface area contributed by atoms with Crippen molar-refractivity contribution in [2.45, 2.75) is 6.04 Å². The van der Waals surface area contributed by atoms with Crippen LogP contribution in [0.15, 0.2) is 78.9 Å². The van der Waals surface area contributed by atoms with Crippen molar-refractivity contribution in [3.63, 3.8) is 0 Å². The molecule has 0 spiro atoms. The number of hydrogen-bond donors (Lipinski definition) is 2. The summed E-state index contributed by atoms with van der Waals surface area (Å²) in [7, 11) is 1.60. The molecule has 1 fully saturated rings. The van der Waals surface area contributed by atoms with Crippen LogP contribution in [0.2, 0.25) is 5.02 Å². The van der Waals surface area contributed by atoms with E-state index in [1.165, 1.54) is 0 Å². The molecule has 2 N–H and O–H groups in total. The van der Waals surface area contributed by atoms with Crippen LogP contribution in [0.4, 0.5) is 11.4 Å². The van der Waals surface area contributed by atoms with E-state index in [0.717, 1.165) is 5.56 Å². The Labute approximate surface area is 210 Å². The molecule has 1 atom stereocenters. The van der Waals surface area contributed by atoms with Crippen LogP contribution in [0.5, 0.6) is 5.75 Å². The molecule has 1 saturated heterocycles. The highest BCUT2D eigenvalue weighted by Gasteiger charge is 2.31.